The third-order valence-electron chi connectivity index (χ3n) is 3.15. The number of ether oxygens (including phenoxy) is 2. The SMILES string of the molecule is CCOC1(Cl)C(CC)=CC=CC1OC(=O)c1cncnc1. The van der Waals surface area contributed by atoms with Gasteiger partial charge in [-0.15, -0.1) is 0 Å². The first-order valence-corrected chi connectivity index (χ1v) is 7.16. The maximum atomic E-state index is 12.1. The van der Waals surface area contributed by atoms with E-state index in [0.717, 1.165) is 5.57 Å². The van der Waals surface area contributed by atoms with Crippen molar-refractivity contribution in [2.24, 2.45) is 0 Å². The van der Waals surface area contributed by atoms with E-state index in [1.54, 1.807) is 6.08 Å². The molecule has 0 aliphatic heterocycles. The molecule has 112 valence electrons. The van der Waals surface area contributed by atoms with E-state index in [-0.39, 0.29) is 5.56 Å². The number of nitrogens with zero attached hydrogens (tertiary/aromatic N) is 2. The number of halogens is 1. The molecule has 1 aliphatic carbocycles. The Bertz CT molecular complexity index is 559. The minimum absolute atomic E-state index is 0.272. The number of allylic oxidation sites excluding steroid dienone is 2. The Labute approximate surface area is 128 Å². The van der Waals surface area contributed by atoms with Gasteiger partial charge in [-0.3, -0.25) is 0 Å². The molecule has 2 rings (SSSR count). The molecule has 2 unspecified atom stereocenters. The van der Waals surface area contributed by atoms with Crippen LogP contribution in [0.25, 0.3) is 0 Å². The molecule has 0 spiro atoms. The number of rotatable bonds is 5. The van der Waals surface area contributed by atoms with Crippen molar-refractivity contribution in [3.05, 3.63) is 48.1 Å². The largest absolute Gasteiger partial charge is 0.450 e. The van der Waals surface area contributed by atoms with E-state index in [1.807, 2.05) is 26.0 Å². The highest BCUT2D eigenvalue weighted by Crippen LogP contribution is 2.38. The van der Waals surface area contributed by atoms with Crippen LogP contribution in [0.15, 0.2) is 42.5 Å². The lowest BCUT2D eigenvalue weighted by Gasteiger charge is -2.36. The Hall–Kier alpha value is -1.72. The van der Waals surface area contributed by atoms with E-state index in [0.29, 0.717) is 13.0 Å². The highest BCUT2D eigenvalue weighted by Gasteiger charge is 2.43. The topological polar surface area (TPSA) is 61.3 Å². The van der Waals surface area contributed by atoms with Crippen LogP contribution in [-0.4, -0.2) is 33.7 Å². The smallest absolute Gasteiger partial charge is 0.342 e. The minimum Gasteiger partial charge on any atom is -0.450 e. The fourth-order valence-electron chi connectivity index (χ4n) is 2.14. The molecule has 5 nitrogen and oxygen atoms in total. The number of hydrogen-bond acceptors (Lipinski definition) is 5. The number of carbonyl (C=O) groups excluding carboxylic acids is 1. The molecular formula is C15H17ClN2O3. The molecular weight excluding hydrogens is 292 g/mol. The van der Waals surface area contributed by atoms with Crippen LogP contribution in [0.2, 0.25) is 0 Å². The van der Waals surface area contributed by atoms with E-state index >= 15 is 0 Å². The molecule has 0 saturated heterocycles. The summed E-state index contributed by atoms with van der Waals surface area (Å²) in [4.78, 5) is 19.7. The molecule has 1 heterocycles. The van der Waals surface area contributed by atoms with Crippen LogP contribution >= 0.6 is 11.6 Å². The molecule has 0 saturated carbocycles. The zero-order chi connectivity index (χ0) is 15.3. The standard InChI is InChI=1S/C15H17ClN2O3/c1-3-12-6-5-7-13(15(12,16)20-4-2)21-14(19)11-8-17-10-18-9-11/h5-10,13H,3-4H2,1-2H3. The van der Waals surface area contributed by atoms with Gasteiger partial charge in [0.1, 0.15) is 6.33 Å². The highest BCUT2D eigenvalue weighted by molar-refractivity contribution is 6.25. The van der Waals surface area contributed by atoms with Crippen LogP contribution in [0, 0.1) is 0 Å². The molecule has 0 N–H and O–H groups in total. The predicted molar refractivity (Wildman–Crippen MR) is 79.0 cm³/mol. The third kappa shape index (κ3) is 3.31. The van der Waals surface area contributed by atoms with Gasteiger partial charge >= 0.3 is 5.97 Å². The van der Waals surface area contributed by atoms with Crippen LogP contribution < -0.4 is 0 Å². The maximum absolute atomic E-state index is 12.1. The second kappa shape index (κ2) is 6.83. The molecule has 1 aliphatic rings. The Kier molecular flexibility index (Phi) is 5.09. The highest BCUT2D eigenvalue weighted by atomic mass is 35.5. The van der Waals surface area contributed by atoms with Crippen molar-refractivity contribution in [3.8, 4) is 0 Å². The van der Waals surface area contributed by atoms with Gasteiger partial charge in [-0.2, -0.15) is 0 Å². The van der Waals surface area contributed by atoms with Crippen molar-refractivity contribution < 1.29 is 14.3 Å². The Morgan fingerprint density at radius 3 is 2.71 bits per heavy atom. The Balaban J connectivity index is 2.20. The molecule has 2 atom stereocenters. The van der Waals surface area contributed by atoms with Crippen molar-refractivity contribution in [1.82, 2.24) is 9.97 Å². The molecule has 0 amide bonds. The van der Waals surface area contributed by atoms with Crippen molar-refractivity contribution >= 4 is 17.6 Å². The van der Waals surface area contributed by atoms with Gasteiger partial charge in [0, 0.05) is 19.0 Å². The van der Waals surface area contributed by atoms with E-state index < -0.39 is 17.1 Å². The van der Waals surface area contributed by atoms with Crippen molar-refractivity contribution in [2.75, 3.05) is 6.61 Å². The summed E-state index contributed by atoms with van der Waals surface area (Å²) >= 11 is 6.59. The molecule has 1 aromatic rings. The number of carbonyl (C=O) groups is 1. The summed E-state index contributed by atoms with van der Waals surface area (Å²) in [5, 5.41) is -1.16. The van der Waals surface area contributed by atoms with Crippen molar-refractivity contribution in [1.29, 1.82) is 0 Å². The number of alkyl halides is 1. The zero-order valence-corrected chi connectivity index (χ0v) is 12.7. The summed E-state index contributed by atoms with van der Waals surface area (Å²) in [5.41, 5.74) is 1.14. The summed E-state index contributed by atoms with van der Waals surface area (Å²) in [5.74, 6) is -0.535. The van der Waals surface area contributed by atoms with E-state index in [1.165, 1.54) is 18.7 Å². The average Bonchev–Trinajstić information content (AvgIpc) is 2.50. The number of hydrogen-bond donors (Lipinski definition) is 0. The molecule has 0 bridgehead atoms. The molecule has 0 aromatic carbocycles. The summed E-state index contributed by atoms with van der Waals surface area (Å²) in [7, 11) is 0. The molecule has 1 aromatic heterocycles. The van der Waals surface area contributed by atoms with Crippen LogP contribution in [0.1, 0.15) is 30.6 Å². The quantitative estimate of drug-likeness (QED) is 0.618. The van der Waals surface area contributed by atoms with Gasteiger partial charge < -0.3 is 9.47 Å². The van der Waals surface area contributed by atoms with Crippen LogP contribution in [-0.2, 0) is 9.47 Å². The van der Waals surface area contributed by atoms with Gasteiger partial charge in [0.2, 0.25) is 5.06 Å². The zero-order valence-electron chi connectivity index (χ0n) is 12.0. The summed E-state index contributed by atoms with van der Waals surface area (Å²) < 4.78 is 11.1. The summed E-state index contributed by atoms with van der Waals surface area (Å²) in [6.07, 6.45) is 9.56. The van der Waals surface area contributed by atoms with Crippen LogP contribution in [0.4, 0.5) is 0 Å². The lowest BCUT2D eigenvalue weighted by Crippen LogP contribution is -2.44. The molecule has 0 radical (unpaired) electrons. The monoisotopic (exact) mass is 308 g/mol. The lowest BCUT2D eigenvalue weighted by molar-refractivity contribution is -0.0403. The maximum Gasteiger partial charge on any atom is 0.342 e. The fraction of sp³-hybridized carbons (Fsp3) is 0.400. The number of esters is 1. The second-order valence-electron chi connectivity index (χ2n) is 4.46. The lowest BCUT2D eigenvalue weighted by atomic mass is 9.96. The van der Waals surface area contributed by atoms with Crippen LogP contribution in [0.5, 0.6) is 0 Å². The fourth-order valence-corrected chi connectivity index (χ4v) is 2.56. The number of aromatic nitrogens is 2. The average molecular weight is 309 g/mol. The van der Waals surface area contributed by atoms with Gasteiger partial charge in [0.15, 0.2) is 6.10 Å². The van der Waals surface area contributed by atoms with Crippen molar-refractivity contribution in [3.63, 3.8) is 0 Å². The third-order valence-corrected chi connectivity index (χ3v) is 3.72. The van der Waals surface area contributed by atoms with Gasteiger partial charge in [-0.1, -0.05) is 30.7 Å². The molecule has 21 heavy (non-hydrogen) atoms. The van der Waals surface area contributed by atoms with Gasteiger partial charge in [-0.05, 0) is 25.0 Å². The Morgan fingerprint density at radius 1 is 1.38 bits per heavy atom. The van der Waals surface area contributed by atoms with Gasteiger partial charge in [-0.25, -0.2) is 14.8 Å². The van der Waals surface area contributed by atoms with E-state index in [2.05, 4.69) is 9.97 Å². The van der Waals surface area contributed by atoms with Crippen LogP contribution in [0.3, 0.4) is 0 Å². The van der Waals surface area contributed by atoms with Gasteiger partial charge in [0.25, 0.3) is 0 Å². The first-order valence-electron chi connectivity index (χ1n) is 6.78. The van der Waals surface area contributed by atoms with Gasteiger partial charge in [0.05, 0.1) is 5.56 Å². The predicted octanol–water partition coefficient (Wildman–Crippen LogP) is 2.88. The first kappa shape index (κ1) is 15.7. The molecule has 0 fully saturated rings. The summed E-state index contributed by atoms with van der Waals surface area (Å²) in [6, 6.07) is 0. The minimum atomic E-state index is -1.16. The molecule has 6 heteroatoms. The summed E-state index contributed by atoms with van der Waals surface area (Å²) in [6.45, 7) is 4.24. The first-order chi connectivity index (χ1) is 10.1. The van der Waals surface area contributed by atoms with Crippen molar-refractivity contribution in [2.45, 2.75) is 31.4 Å². The second-order valence-corrected chi connectivity index (χ2v) is 5.02. The van der Waals surface area contributed by atoms with E-state index in [9.17, 15) is 4.79 Å². The van der Waals surface area contributed by atoms with E-state index in [4.69, 9.17) is 21.1 Å². The Morgan fingerprint density at radius 2 is 2.10 bits per heavy atom. The normalized spacial score (nSPS) is 24.5.